The van der Waals surface area contributed by atoms with Crippen LogP contribution in [0.4, 0.5) is 5.69 Å². The number of anilines is 1. The van der Waals surface area contributed by atoms with Crippen LogP contribution in [0.1, 0.15) is 48.5 Å². The van der Waals surface area contributed by atoms with Crippen LogP contribution in [-0.2, 0) is 20.9 Å². The molecule has 25 heavy (non-hydrogen) atoms. The van der Waals surface area contributed by atoms with E-state index >= 15 is 0 Å². The number of carboxylic acid groups (broad SMARTS) is 1. The Morgan fingerprint density at radius 2 is 2.08 bits per heavy atom. The Balaban J connectivity index is 2.16. The van der Waals surface area contributed by atoms with E-state index in [1.54, 1.807) is 11.0 Å². The molecule has 1 saturated heterocycles. The Labute approximate surface area is 147 Å². The second-order valence-electron chi connectivity index (χ2n) is 6.14. The maximum Gasteiger partial charge on any atom is 0.335 e. The van der Waals surface area contributed by atoms with Gasteiger partial charge in [0.1, 0.15) is 6.04 Å². The smallest absolute Gasteiger partial charge is 0.335 e. The second-order valence-corrected chi connectivity index (χ2v) is 6.14. The third-order valence-electron chi connectivity index (χ3n) is 4.16. The van der Waals surface area contributed by atoms with E-state index in [4.69, 9.17) is 4.74 Å². The van der Waals surface area contributed by atoms with Crippen LogP contribution < -0.4 is 5.32 Å². The normalized spacial score (nSPS) is 16.7. The number of methoxy groups -OCH3 is 1. The molecule has 1 atom stereocenters. The van der Waals surface area contributed by atoms with Crippen molar-refractivity contribution >= 4 is 23.5 Å². The lowest BCUT2D eigenvalue weighted by atomic mass is 10.1. The molecule has 0 spiro atoms. The van der Waals surface area contributed by atoms with Gasteiger partial charge in [-0.2, -0.15) is 0 Å². The quantitative estimate of drug-likeness (QED) is 0.788. The van der Waals surface area contributed by atoms with Gasteiger partial charge in [-0.15, -0.1) is 0 Å². The van der Waals surface area contributed by atoms with Crippen LogP contribution in [0.25, 0.3) is 0 Å². The summed E-state index contributed by atoms with van der Waals surface area (Å²) in [6.45, 7) is 2.76. The molecule has 136 valence electrons. The van der Waals surface area contributed by atoms with Crippen molar-refractivity contribution in [2.24, 2.45) is 0 Å². The van der Waals surface area contributed by atoms with Gasteiger partial charge < -0.3 is 20.1 Å². The fourth-order valence-electron chi connectivity index (χ4n) is 3.06. The van der Waals surface area contributed by atoms with Gasteiger partial charge in [0.2, 0.25) is 11.8 Å². The summed E-state index contributed by atoms with van der Waals surface area (Å²) in [5, 5.41) is 12.0. The van der Waals surface area contributed by atoms with Gasteiger partial charge in [-0.05, 0) is 43.0 Å². The van der Waals surface area contributed by atoms with Gasteiger partial charge in [0.25, 0.3) is 0 Å². The number of carbonyl (C=O) groups excluding carboxylic acids is 2. The highest BCUT2D eigenvalue weighted by atomic mass is 16.5. The summed E-state index contributed by atoms with van der Waals surface area (Å²) in [5.74, 6) is -1.37. The number of aromatic carboxylic acids is 1. The molecule has 0 aromatic heterocycles. The van der Waals surface area contributed by atoms with Crippen molar-refractivity contribution in [2.45, 2.75) is 45.3 Å². The molecule has 7 heteroatoms. The first-order valence-corrected chi connectivity index (χ1v) is 8.42. The molecule has 0 aliphatic carbocycles. The number of hydrogen-bond acceptors (Lipinski definition) is 4. The summed E-state index contributed by atoms with van der Waals surface area (Å²) in [7, 11) is 1.52. The molecule has 1 aliphatic heterocycles. The van der Waals surface area contributed by atoms with Crippen LogP contribution in [0.15, 0.2) is 18.2 Å². The van der Waals surface area contributed by atoms with E-state index in [9.17, 15) is 19.5 Å². The van der Waals surface area contributed by atoms with E-state index in [0.29, 0.717) is 30.6 Å². The molecule has 0 bridgehead atoms. The maximum atomic E-state index is 12.6. The maximum absolute atomic E-state index is 12.6. The van der Waals surface area contributed by atoms with Gasteiger partial charge in [-0.1, -0.05) is 6.92 Å². The van der Waals surface area contributed by atoms with Crippen molar-refractivity contribution in [1.29, 1.82) is 0 Å². The first-order chi connectivity index (χ1) is 12.0. The summed E-state index contributed by atoms with van der Waals surface area (Å²) >= 11 is 0. The Hall–Kier alpha value is -2.41. The monoisotopic (exact) mass is 348 g/mol. The van der Waals surface area contributed by atoms with Gasteiger partial charge in [0, 0.05) is 25.8 Å². The van der Waals surface area contributed by atoms with Crippen LogP contribution in [0, 0.1) is 0 Å². The van der Waals surface area contributed by atoms with E-state index in [2.05, 4.69) is 5.32 Å². The average Bonchev–Trinajstić information content (AvgIpc) is 3.05. The number of benzene rings is 1. The van der Waals surface area contributed by atoms with Crippen molar-refractivity contribution < 1.29 is 24.2 Å². The SMILES string of the molecule is CCCC(=O)N1CCCC1C(=O)Nc1cc(COC)cc(C(=O)O)c1. The number of amides is 2. The summed E-state index contributed by atoms with van der Waals surface area (Å²) in [6.07, 6.45) is 2.57. The Kier molecular flexibility index (Phi) is 6.52. The van der Waals surface area contributed by atoms with E-state index < -0.39 is 12.0 Å². The molecule has 1 aromatic carbocycles. The standard InChI is InChI=1S/C18H24N2O5/c1-3-5-16(21)20-7-4-6-15(20)17(22)19-14-9-12(11-25-2)8-13(10-14)18(23)24/h8-10,15H,3-7,11H2,1-2H3,(H,19,22)(H,23,24). The fraction of sp³-hybridized carbons (Fsp3) is 0.500. The van der Waals surface area contributed by atoms with Gasteiger partial charge in [0.05, 0.1) is 12.2 Å². The molecule has 0 radical (unpaired) electrons. The van der Waals surface area contributed by atoms with Crippen LogP contribution in [0.2, 0.25) is 0 Å². The number of nitrogens with one attached hydrogen (secondary N) is 1. The first kappa shape index (κ1) is 18.9. The molecule has 7 nitrogen and oxygen atoms in total. The zero-order valence-electron chi connectivity index (χ0n) is 14.6. The lowest BCUT2D eigenvalue weighted by molar-refractivity contribution is -0.136. The molecule has 2 N–H and O–H groups in total. The van der Waals surface area contributed by atoms with Crippen molar-refractivity contribution in [2.75, 3.05) is 19.0 Å². The number of rotatable bonds is 7. The van der Waals surface area contributed by atoms with E-state index in [-0.39, 0.29) is 24.0 Å². The van der Waals surface area contributed by atoms with Gasteiger partial charge in [-0.25, -0.2) is 4.79 Å². The molecule has 1 aliphatic rings. The predicted octanol–water partition coefficient (Wildman–Crippen LogP) is 2.26. The highest BCUT2D eigenvalue weighted by molar-refractivity contribution is 5.98. The molecule has 1 heterocycles. The van der Waals surface area contributed by atoms with Gasteiger partial charge in [0.15, 0.2) is 0 Å². The topological polar surface area (TPSA) is 95.9 Å². The van der Waals surface area contributed by atoms with Crippen molar-refractivity contribution in [3.8, 4) is 0 Å². The van der Waals surface area contributed by atoms with Crippen molar-refractivity contribution in [3.05, 3.63) is 29.3 Å². The molecule has 0 saturated carbocycles. The molecular formula is C18H24N2O5. The third kappa shape index (κ3) is 4.79. The zero-order valence-corrected chi connectivity index (χ0v) is 14.6. The van der Waals surface area contributed by atoms with Crippen LogP contribution in [0.5, 0.6) is 0 Å². The highest BCUT2D eigenvalue weighted by Crippen LogP contribution is 2.22. The molecule has 2 amide bonds. The molecule has 2 rings (SSSR count). The second kappa shape index (κ2) is 8.62. The first-order valence-electron chi connectivity index (χ1n) is 8.42. The van der Waals surface area contributed by atoms with Gasteiger partial charge in [-0.3, -0.25) is 9.59 Å². The summed E-state index contributed by atoms with van der Waals surface area (Å²) < 4.78 is 5.04. The minimum absolute atomic E-state index is 0.0143. The predicted molar refractivity (Wildman–Crippen MR) is 92.4 cm³/mol. The largest absolute Gasteiger partial charge is 0.478 e. The number of ether oxygens (including phenoxy) is 1. The highest BCUT2D eigenvalue weighted by Gasteiger charge is 2.33. The number of hydrogen-bond donors (Lipinski definition) is 2. The third-order valence-corrected chi connectivity index (χ3v) is 4.16. The van der Waals surface area contributed by atoms with Crippen LogP contribution in [-0.4, -0.2) is 47.5 Å². The van der Waals surface area contributed by atoms with E-state index in [1.165, 1.54) is 19.2 Å². The average molecular weight is 348 g/mol. The lowest BCUT2D eigenvalue weighted by Crippen LogP contribution is -2.43. The minimum atomic E-state index is -1.07. The molecular weight excluding hydrogens is 324 g/mol. The Morgan fingerprint density at radius 3 is 2.72 bits per heavy atom. The number of nitrogens with zero attached hydrogens (tertiary/aromatic N) is 1. The lowest BCUT2D eigenvalue weighted by Gasteiger charge is -2.24. The molecule has 1 aromatic rings. The fourth-order valence-corrected chi connectivity index (χ4v) is 3.06. The number of likely N-dealkylation sites (tertiary alicyclic amines) is 1. The van der Waals surface area contributed by atoms with E-state index in [0.717, 1.165) is 12.8 Å². The number of carbonyl (C=O) groups is 3. The van der Waals surface area contributed by atoms with Gasteiger partial charge >= 0.3 is 5.97 Å². The minimum Gasteiger partial charge on any atom is -0.478 e. The number of carboxylic acids is 1. The Bertz CT molecular complexity index is 659. The zero-order chi connectivity index (χ0) is 18.4. The van der Waals surface area contributed by atoms with Crippen molar-refractivity contribution in [1.82, 2.24) is 4.90 Å². The summed E-state index contributed by atoms with van der Waals surface area (Å²) in [5.41, 5.74) is 1.13. The summed E-state index contributed by atoms with van der Waals surface area (Å²) in [6, 6.07) is 4.10. The molecule has 1 unspecified atom stereocenters. The van der Waals surface area contributed by atoms with E-state index in [1.807, 2.05) is 6.92 Å². The van der Waals surface area contributed by atoms with Crippen LogP contribution in [0.3, 0.4) is 0 Å². The molecule has 1 fully saturated rings. The summed E-state index contributed by atoms with van der Waals surface area (Å²) in [4.78, 5) is 37.6. The van der Waals surface area contributed by atoms with Crippen LogP contribution >= 0.6 is 0 Å². The Morgan fingerprint density at radius 1 is 1.32 bits per heavy atom. The van der Waals surface area contributed by atoms with Crippen molar-refractivity contribution in [3.63, 3.8) is 0 Å².